The summed E-state index contributed by atoms with van der Waals surface area (Å²) in [6, 6.07) is 10.3. The molecule has 0 N–H and O–H groups in total. The van der Waals surface area contributed by atoms with Crippen LogP contribution in [0.3, 0.4) is 0 Å². The smallest absolute Gasteiger partial charge is 0.141 e. The second-order valence-electron chi connectivity index (χ2n) is 10.1. The van der Waals surface area contributed by atoms with E-state index in [2.05, 4.69) is 41.8 Å². The van der Waals surface area contributed by atoms with E-state index in [9.17, 15) is 0 Å². The molecule has 0 bridgehead atoms. The number of aliphatic imine (C=N–C) groups is 2. The van der Waals surface area contributed by atoms with Gasteiger partial charge in [-0.25, -0.2) is 9.98 Å². The van der Waals surface area contributed by atoms with Crippen molar-refractivity contribution in [2.75, 3.05) is 19.8 Å². The molecular weight excluding hydrogens is 641 g/mol. The molecule has 0 unspecified atom stereocenters. The second kappa shape index (κ2) is 13.8. The molecule has 3 aromatic rings. The fourth-order valence-electron chi connectivity index (χ4n) is 5.07. The molecule has 1 saturated heterocycles. The molecule has 0 atom stereocenters. The summed E-state index contributed by atoms with van der Waals surface area (Å²) in [4.78, 5) is 14.5. The van der Waals surface area contributed by atoms with E-state index in [4.69, 9.17) is 79.6 Å². The van der Waals surface area contributed by atoms with Crippen molar-refractivity contribution in [3.63, 3.8) is 0 Å². The van der Waals surface area contributed by atoms with Gasteiger partial charge in [-0.2, -0.15) is 0 Å². The molecule has 0 radical (unpaired) electrons. The normalized spacial score (nSPS) is 14.7. The minimum absolute atomic E-state index is 0.0977. The van der Waals surface area contributed by atoms with Crippen LogP contribution in [0.1, 0.15) is 55.0 Å². The van der Waals surface area contributed by atoms with Gasteiger partial charge < -0.3 is 9.80 Å². The lowest BCUT2D eigenvalue weighted by Gasteiger charge is -2.39. The average Bonchev–Trinajstić information content (AvgIpc) is 2.96. The Morgan fingerprint density at radius 1 is 0.756 bits per heavy atom. The zero-order valence-corrected chi connectivity index (χ0v) is 28.2. The maximum absolute atomic E-state index is 6.80. The van der Waals surface area contributed by atoms with E-state index in [1.165, 1.54) is 11.1 Å². The molecule has 3 aromatic carbocycles. The minimum Gasteiger partial charge on any atom is -0.342 e. The predicted octanol–water partition coefficient (Wildman–Crippen LogP) is 11.1. The first kappa shape index (κ1) is 32.3. The molecule has 10 heteroatoms. The lowest BCUT2D eigenvalue weighted by atomic mass is 10.0. The molecular formula is C31H32Cl6N4. The molecule has 1 aliphatic heterocycles. The van der Waals surface area contributed by atoms with Crippen LogP contribution in [0.5, 0.6) is 0 Å². The lowest BCUT2D eigenvalue weighted by Crippen LogP contribution is -2.49. The first-order chi connectivity index (χ1) is 19.5. The Kier molecular flexibility index (Phi) is 10.8. The van der Waals surface area contributed by atoms with Crippen molar-refractivity contribution < 1.29 is 0 Å². The molecule has 1 fully saturated rings. The van der Waals surface area contributed by atoms with Gasteiger partial charge >= 0.3 is 0 Å². The van der Waals surface area contributed by atoms with Crippen molar-refractivity contribution in [2.24, 2.45) is 9.98 Å². The third-order valence-corrected chi connectivity index (χ3v) is 9.81. The van der Waals surface area contributed by atoms with Crippen LogP contribution < -0.4 is 0 Å². The average molecular weight is 673 g/mol. The first-order valence-corrected chi connectivity index (χ1v) is 15.8. The van der Waals surface area contributed by atoms with Gasteiger partial charge in [-0.15, -0.1) is 0 Å². The highest BCUT2D eigenvalue weighted by Crippen LogP contribution is 2.45. The van der Waals surface area contributed by atoms with Gasteiger partial charge in [-0.1, -0.05) is 108 Å². The van der Waals surface area contributed by atoms with E-state index in [0.29, 0.717) is 35.3 Å². The van der Waals surface area contributed by atoms with Crippen molar-refractivity contribution in [1.29, 1.82) is 0 Å². The van der Waals surface area contributed by atoms with Crippen LogP contribution in [-0.4, -0.2) is 41.2 Å². The summed E-state index contributed by atoms with van der Waals surface area (Å²) in [5.41, 5.74) is 6.49. The van der Waals surface area contributed by atoms with Crippen molar-refractivity contribution >= 4 is 92.7 Å². The van der Waals surface area contributed by atoms with E-state index in [-0.39, 0.29) is 25.1 Å². The number of aryl methyl sites for hydroxylation is 4. The van der Waals surface area contributed by atoms with Crippen LogP contribution in [0.25, 0.3) is 0 Å². The molecule has 0 spiro atoms. The van der Waals surface area contributed by atoms with Gasteiger partial charge in [0, 0.05) is 13.1 Å². The summed E-state index contributed by atoms with van der Waals surface area (Å²) < 4.78 is 0. The minimum atomic E-state index is 0.0977. The maximum Gasteiger partial charge on any atom is 0.141 e. The zero-order chi connectivity index (χ0) is 30.0. The molecule has 0 amide bonds. The standard InChI is InChI=1S/C31H32Cl6N4/c1-6-20-10-8-11-21(7-2)30(20)38-19(5)40-12-9-13-41(16-40)31(39-29-18(4)14-17(3)15-22(29)32)23-24(33)26(35)28(37)27(36)25(23)34/h8,10-11,14-15H,6-7,9,12-13,16H2,1-5H3. The highest BCUT2D eigenvalue weighted by Gasteiger charge is 2.29. The van der Waals surface area contributed by atoms with Crippen molar-refractivity contribution in [1.82, 2.24) is 9.80 Å². The van der Waals surface area contributed by atoms with E-state index < -0.39 is 0 Å². The van der Waals surface area contributed by atoms with Crippen LogP contribution in [0.4, 0.5) is 11.4 Å². The predicted molar refractivity (Wildman–Crippen MR) is 179 cm³/mol. The molecule has 41 heavy (non-hydrogen) atoms. The van der Waals surface area contributed by atoms with E-state index >= 15 is 0 Å². The van der Waals surface area contributed by atoms with E-state index in [1.807, 2.05) is 32.9 Å². The van der Waals surface area contributed by atoms with Gasteiger partial charge in [-0.05, 0) is 68.4 Å². The molecule has 1 heterocycles. The van der Waals surface area contributed by atoms with Gasteiger partial charge in [0.1, 0.15) is 11.7 Å². The van der Waals surface area contributed by atoms with E-state index in [1.54, 1.807) is 0 Å². The van der Waals surface area contributed by atoms with Gasteiger partial charge in [-0.3, -0.25) is 0 Å². The van der Waals surface area contributed by atoms with Gasteiger partial charge in [0.2, 0.25) is 0 Å². The van der Waals surface area contributed by atoms with Crippen molar-refractivity contribution in [3.8, 4) is 0 Å². The summed E-state index contributed by atoms with van der Waals surface area (Å²) >= 11 is 39.7. The third-order valence-electron chi connectivity index (χ3n) is 7.24. The summed E-state index contributed by atoms with van der Waals surface area (Å²) in [7, 11) is 0. The molecule has 0 aliphatic carbocycles. The summed E-state index contributed by atoms with van der Waals surface area (Å²) in [5.74, 6) is 1.42. The fourth-order valence-corrected chi connectivity index (χ4v) is 6.74. The number of hydrogen-bond donors (Lipinski definition) is 0. The molecule has 4 nitrogen and oxygen atoms in total. The monoisotopic (exact) mass is 670 g/mol. The number of amidine groups is 2. The molecule has 1 aliphatic rings. The second-order valence-corrected chi connectivity index (χ2v) is 12.4. The highest BCUT2D eigenvalue weighted by molar-refractivity contribution is 6.56. The van der Waals surface area contributed by atoms with Crippen LogP contribution in [0.15, 0.2) is 40.3 Å². The quantitative estimate of drug-likeness (QED) is 0.117. The SMILES string of the molecule is CCc1cccc(CC)c1N=C(C)N1CCCN(C(=Nc2c(C)cc(C)cc2Cl)c2c(Cl)c(Cl)c(Cl)c(Cl)c2Cl)C1. The molecule has 0 saturated carbocycles. The Morgan fingerprint density at radius 2 is 1.32 bits per heavy atom. The number of rotatable bonds is 5. The van der Waals surface area contributed by atoms with Crippen LogP contribution in [0.2, 0.25) is 30.1 Å². The van der Waals surface area contributed by atoms with Crippen LogP contribution in [0, 0.1) is 13.8 Å². The van der Waals surface area contributed by atoms with Gasteiger partial charge in [0.15, 0.2) is 0 Å². The summed E-state index contributed by atoms with van der Waals surface area (Å²) in [6.07, 6.45) is 2.68. The maximum atomic E-state index is 6.80. The Morgan fingerprint density at radius 3 is 1.88 bits per heavy atom. The molecule has 218 valence electrons. The Bertz CT molecular complexity index is 1460. The number of halogens is 6. The Balaban J connectivity index is 1.85. The molecule has 4 rings (SSSR count). The highest BCUT2D eigenvalue weighted by atomic mass is 35.5. The van der Waals surface area contributed by atoms with Crippen LogP contribution >= 0.6 is 69.6 Å². The number of benzene rings is 3. The van der Waals surface area contributed by atoms with Gasteiger partial charge in [0.05, 0.1) is 53.7 Å². The Labute approximate surface area is 272 Å². The number of hydrogen-bond acceptors (Lipinski definition) is 2. The first-order valence-electron chi connectivity index (χ1n) is 13.5. The summed E-state index contributed by atoms with van der Waals surface area (Å²) in [5, 5.41) is 1.21. The zero-order valence-electron chi connectivity index (χ0n) is 23.7. The number of para-hydroxylation sites is 1. The fraction of sp³-hybridized carbons (Fsp3) is 0.355. The van der Waals surface area contributed by atoms with Crippen molar-refractivity contribution in [2.45, 2.75) is 53.9 Å². The number of nitrogens with zero attached hydrogens (tertiary/aromatic N) is 4. The topological polar surface area (TPSA) is 31.2 Å². The lowest BCUT2D eigenvalue weighted by molar-refractivity contribution is 0.213. The Hall–Kier alpha value is -1.66. The van der Waals surface area contributed by atoms with Gasteiger partial charge in [0.25, 0.3) is 0 Å². The van der Waals surface area contributed by atoms with E-state index in [0.717, 1.165) is 48.5 Å². The largest absolute Gasteiger partial charge is 0.342 e. The third kappa shape index (κ3) is 6.79. The summed E-state index contributed by atoms with van der Waals surface area (Å²) in [6.45, 7) is 12.3. The van der Waals surface area contributed by atoms with Crippen molar-refractivity contribution in [3.05, 3.63) is 88.3 Å². The van der Waals surface area contributed by atoms with Crippen LogP contribution in [-0.2, 0) is 12.8 Å². The molecule has 0 aromatic heterocycles.